The number of β-amino-alcohol motifs (C(OH)–C–C–N with tert-alkyl or cyclic N) is 1. The molecule has 17 heavy (non-hydrogen) atoms. The summed E-state index contributed by atoms with van der Waals surface area (Å²) in [6, 6.07) is 0. The monoisotopic (exact) mass is 240 g/mol. The van der Waals surface area contributed by atoms with Crippen LogP contribution < -0.4 is 0 Å². The number of nitrogens with zero attached hydrogens (tertiary/aromatic N) is 2. The Hall–Kier alpha value is -0.380. The SMILES string of the molecule is C=CCCC(O)CN1CCN(CC(C)C)CC1. The smallest absolute Gasteiger partial charge is 0.0670 e. The molecule has 0 aromatic heterocycles. The Morgan fingerprint density at radius 3 is 2.12 bits per heavy atom. The van der Waals surface area contributed by atoms with Gasteiger partial charge in [0, 0.05) is 39.3 Å². The molecule has 0 bridgehead atoms. The van der Waals surface area contributed by atoms with Crippen LogP contribution in [0, 0.1) is 5.92 Å². The van der Waals surface area contributed by atoms with E-state index in [1.165, 1.54) is 6.54 Å². The van der Waals surface area contributed by atoms with Crippen molar-refractivity contribution >= 4 is 0 Å². The van der Waals surface area contributed by atoms with Crippen molar-refractivity contribution in [3.8, 4) is 0 Å². The van der Waals surface area contributed by atoms with Gasteiger partial charge in [0.2, 0.25) is 0 Å². The molecule has 0 amide bonds. The van der Waals surface area contributed by atoms with Gasteiger partial charge in [-0.05, 0) is 18.8 Å². The minimum absolute atomic E-state index is 0.190. The maximum absolute atomic E-state index is 9.84. The van der Waals surface area contributed by atoms with Gasteiger partial charge in [-0.25, -0.2) is 0 Å². The van der Waals surface area contributed by atoms with Crippen LogP contribution in [0.15, 0.2) is 12.7 Å². The first-order valence-electron chi connectivity index (χ1n) is 6.85. The highest BCUT2D eigenvalue weighted by Crippen LogP contribution is 2.07. The van der Waals surface area contributed by atoms with E-state index in [9.17, 15) is 5.11 Å². The van der Waals surface area contributed by atoms with Crippen molar-refractivity contribution in [2.24, 2.45) is 5.92 Å². The van der Waals surface area contributed by atoms with Gasteiger partial charge in [0.25, 0.3) is 0 Å². The van der Waals surface area contributed by atoms with Gasteiger partial charge in [-0.1, -0.05) is 19.9 Å². The second kappa shape index (κ2) is 7.85. The Bertz CT molecular complexity index is 210. The molecule has 1 saturated heterocycles. The summed E-state index contributed by atoms with van der Waals surface area (Å²) < 4.78 is 0. The van der Waals surface area contributed by atoms with Crippen molar-refractivity contribution in [2.75, 3.05) is 39.3 Å². The topological polar surface area (TPSA) is 26.7 Å². The normalized spacial score (nSPS) is 20.7. The lowest BCUT2D eigenvalue weighted by Crippen LogP contribution is -2.49. The first-order chi connectivity index (χ1) is 8.11. The van der Waals surface area contributed by atoms with Crippen molar-refractivity contribution in [3.05, 3.63) is 12.7 Å². The Morgan fingerprint density at radius 1 is 1.12 bits per heavy atom. The molecule has 1 atom stereocenters. The summed E-state index contributed by atoms with van der Waals surface area (Å²) in [5.74, 6) is 0.750. The van der Waals surface area contributed by atoms with Crippen LogP contribution in [0.5, 0.6) is 0 Å². The summed E-state index contributed by atoms with van der Waals surface area (Å²) in [6.45, 7) is 14.7. The highest BCUT2D eigenvalue weighted by atomic mass is 16.3. The quantitative estimate of drug-likeness (QED) is 0.685. The Balaban J connectivity index is 2.16. The Kier molecular flexibility index (Phi) is 6.78. The van der Waals surface area contributed by atoms with Gasteiger partial charge in [-0.3, -0.25) is 4.90 Å². The lowest BCUT2D eigenvalue weighted by molar-refractivity contribution is 0.0656. The summed E-state index contributed by atoms with van der Waals surface area (Å²) in [7, 11) is 0. The van der Waals surface area contributed by atoms with Crippen LogP contribution in [0.4, 0.5) is 0 Å². The molecule has 0 aromatic rings. The molecule has 100 valence electrons. The van der Waals surface area contributed by atoms with Crippen LogP contribution >= 0.6 is 0 Å². The van der Waals surface area contributed by atoms with Crippen molar-refractivity contribution in [2.45, 2.75) is 32.8 Å². The summed E-state index contributed by atoms with van der Waals surface area (Å²) in [5, 5.41) is 9.84. The third-order valence-corrected chi connectivity index (χ3v) is 3.26. The number of aliphatic hydroxyl groups excluding tert-OH is 1. The van der Waals surface area contributed by atoms with Gasteiger partial charge in [-0.2, -0.15) is 0 Å². The van der Waals surface area contributed by atoms with E-state index in [-0.39, 0.29) is 6.10 Å². The van der Waals surface area contributed by atoms with Crippen LogP contribution in [0.2, 0.25) is 0 Å². The molecule has 0 radical (unpaired) electrons. The minimum Gasteiger partial charge on any atom is -0.392 e. The van der Waals surface area contributed by atoms with E-state index in [0.717, 1.165) is 51.5 Å². The molecule has 3 heteroatoms. The molecule has 0 spiro atoms. The fraction of sp³-hybridized carbons (Fsp3) is 0.857. The Morgan fingerprint density at radius 2 is 1.65 bits per heavy atom. The molecule has 1 rings (SSSR count). The van der Waals surface area contributed by atoms with E-state index >= 15 is 0 Å². The fourth-order valence-corrected chi connectivity index (χ4v) is 2.37. The predicted molar refractivity (Wildman–Crippen MR) is 73.2 cm³/mol. The van der Waals surface area contributed by atoms with Crippen molar-refractivity contribution < 1.29 is 5.11 Å². The third-order valence-electron chi connectivity index (χ3n) is 3.26. The standard InChI is InChI=1S/C14H28N2O/c1-4-5-6-14(17)12-16-9-7-15(8-10-16)11-13(2)3/h4,13-14,17H,1,5-12H2,2-3H3. The number of aliphatic hydroxyl groups is 1. The number of allylic oxidation sites excluding steroid dienone is 1. The first kappa shape index (κ1) is 14.7. The average molecular weight is 240 g/mol. The fourth-order valence-electron chi connectivity index (χ4n) is 2.37. The van der Waals surface area contributed by atoms with E-state index in [1.54, 1.807) is 0 Å². The molecule has 1 N–H and O–H groups in total. The van der Waals surface area contributed by atoms with Gasteiger partial charge in [0.1, 0.15) is 0 Å². The van der Waals surface area contributed by atoms with Crippen LogP contribution in [0.25, 0.3) is 0 Å². The molecule has 1 unspecified atom stereocenters. The zero-order valence-electron chi connectivity index (χ0n) is 11.4. The highest BCUT2D eigenvalue weighted by molar-refractivity contribution is 4.76. The summed E-state index contributed by atoms with van der Waals surface area (Å²) in [5.41, 5.74) is 0. The number of hydrogen-bond acceptors (Lipinski definition) is 3. The second-order valence-electron chi connectivity index (χ2n) is 5.51. The first-order valence-corrected chi connectivity index (χ1v) is 6.85. The van der Waals surface area contributed by atoms with E-state index in [0.29, 0.717) is 0 Å². The largest absolute Gasteiger partial charge is 0.392 e. The molecule has 0 saturated carbocycles. The predicted octanol–water partition coefficient (Wildman–Crippen LogP) is 1.59. The van der Waals surface area contributed by atoms with Crippen LogP contribution in [0.1, 0.15) is 26.7 Å². The number of piperazine rings is 1. The van der Waals surface area contributed by atoms with E-state index in [1.807, 2.05) is 6.08 Å². The summed E-state index contributed by atoms with van der Waals surface area (Å²) >= 11 is 0. The summed E-state index contributed by atoms with van der Waals surface area (Å²) in [4.78, 5) is 4.90. The van der Waals surface area contributed by atoms with Gasteiger partial charge in [0.15, 0.2) is 0 Å². The second-order valence-corrected chi connectivity index (χ2v) is 5.51. The van der Waals surface area contributed by atoms with Crippen LogP contribution in [-0.4, -0.2) is 60.3 Å². The average Bonchev–Trinajstić information content (AvgIpc) is 2.28. The van der Waals surface area contributed by atoms with Gasteiger partial charge in [0.05, 0.1) is 6.10 Å². The molecule has 0 aliphatic carbocycles. The zero-order valence-corrected chi connectivity index (χ0v) is 11.4. The minimum atomic E-state index is -0.190. The van der Waals surface area contributed by atoms with E-state index in [4.69, 9.17) is 0 Å². The molecule has 1 aliphatic rings. The van der Waals surface area contributed by atoms with E-state index < -0.39 is 0 Å². The maximum Gasteiger partial charge on any atom is 0.0670 e. The summed E-state index contributed by atoms with van der Waals surface area (Å²) in [6.07, 6.45) is 3.44. The zero-order chi connectivity index (χ0) is 12.7. The molecular weight excluding hydrogens is 212 g/mol. The van der Waals surface area contributed by atoms with Crippen molar-refractivity contribution in [3.63, 3.8) is 0 Å². The molecular formula is C14H28N2O. The van der Waals surface area contributed by atoms with Crippen molar-refractivity contribution in [1.82, 2.24) is 9.80 Å². The highest BCUT2D eigenvalue weighted by Gasteiger charge is 2.19. The molecule has 1 aliphatic heterocycles. The van der Waals surface area contributed by atoms with Gasteiger partial charge in [-0.15, -0.1) is 6.58 Å². The molecule has 1 heterocycles. The molecule has 1 fully saturated rings. The van der Waals surface area contributed by atoms with Crippen LogP contribution in [-0.2, 0) is 0 Å². The van der Waals surface area contributed by atoms with Gasteiger partial charge < -0.3 is 10.0 Å². The van der Waals surface area contributed by atoms with E-state index in [2.05, 4.69) is 30.2 Å². The lowest BCUT2D eigenvalue weighted by Gasteiger charge is -2.36. The van der Waals surface area contributed by atoms with Gasteiger partial charge >= 0.3 is 0 Å². The lowest BCUT2D eigenvalue weighted by atomic mass is 10.1. The molecule has 3 nitrogen and oxygen atoms in total. The maximum atomic E-state index is 9.84. The van der Waals surface area contributed by atoms with Crippen molar-refractivity contribution in [1.29, 1.82) is 0 Å². The Labute approximate surface area is 106 Å². The number of hydrogen-bond donors (Lipinski definition) is 1. The third kappa shape index (κ3) is 6.20. The molecule has 0 aromatic carbocycles. The number of rotatable bonds is 7. The van der Waals surface area contributed by atoms with Crippen LogP contribution in [0.3, 0.4) is 0 Å².